The second-order valence-corrected chi connectivity index (χ2v) is 5.71. The summed E-state index contributed by atoms with van der Waals surface area (Å²) < 4.78 is 19.2. The maximum Gasteiger partial charge on any atom is 0.331 e. The van der Waals surface area contributed by atoms with E-state index in [1.54, 1.807) is 6.92 Å². The minimum absolute atomic E-state index is 0.228. The standard InChI is InChI=1S/C17H16ClFN4O4/c1-10-14(7-8-16(26)27-9-15(25)21-20-11(2)24)17(18)23(22-10)13-5-3-12(19)4-6-13/h3-8H,9H2,1-2H3,(H,20,24)(H,21,25)/b8-7+. The highest BCUT2D eigenvalue weighted by atomic mass is 35.5. The number of hydrazine groups is 1. The van der Waals surface area contributed by atoms with Crippen LogP contribution in [0.25, 0.3) is 11.8 Å². The van der Waals surface area contributed by atoms with Crippen LogP contribution in [0.1, 0.15) is 18.2 Å². The van der Waals surface area contributed by atoms with Crippen molar-refractivity contribution in [3.63, 3.8) is 0 Å². The second kappa shape index (κ2) is 8.95. The molecule has 142 valence electrons. The van der Waals surface area contributed by atoms with Crippen molar-refractivity contribution >= 4 is 35.5 Å². The molecule has 0 aliphatic carbocycles. The third-order valence-corrected chi connectivity index (χ3v) is 3.59. The molecule has 0 aliphatic heterocycles. The number of carbonyl (C=O) groups excluding carboxylic acids is 3. The molecule has 1 aromatic heterocycles. The molecule has 0 saturated heterocycles. The van der Waals surface area contributed by atoms with Gasteiger partial charge in [0, 0.05) is 18.6 Å². The van der Waals surface area contributed by atoms with Crippen LogP contribution in [0.2, 0.25) is 5.15 Å². The van der Waals surface area contributed by atoms with E-state index in [0.29, 0.717) is 16.9 Å². The van der Waals surface area contributed by atoms with Gasteiger partial charge < -0.3 is 4.74 Å². The average molecular weight is 395 g/mol. The van der Waals surface area contributed by atoms with Crippen molar-refractivity contribution in [3.05, 3.63) is 52.6 Å². The number of hydrogen-bond acceptors (Lipinski definition) is 5. The van der Waals surface area contributed by atoms with Crippen molar-refractivity contribution in [2.24, 2.45) is 0 Å². The fraction of sp³-hybridized carbons (Fsp3) is 0.176. The van der Waals surface area contributed by atoms with Crippen LogP contribution in [-0.2, 0) is 19.1 Å². The van der Waals surface area contributed by atoms with E-state index in [9.17, 15) is 18.8 Å². The summed E-state index contributed by atoms with van der Waals surface area (Å²) in [4.78, 5) is 33.7. The first-order valence-electron chi connectivity index (χ1n) is 7.69. The Morgan fingerprint density at radius 2 is 1.93 bits per heavy atom. The molecule has 27 heavy (non-hydrogen) atoms. The van der Waals surface area contributed by atoms with Gasteiger partial charge in [-0.3, -0.25) is 20.4 Å². The lowest BCUT2D eigenvalue weighted by Gasteiger charge is -2.04. The van der Waals surface area contributed by atoms with Gasteiger partial charge in [0.2, 0.25) is 5.91 Å². The Morgan fingerprint density at radius 1 is 1.26 bits per heavy atom. The molecular weight excluding hydrogens is 379 g/mol. The van der Waals surface area contributed by atoms with Crippen LogP contribution in [0.3, 0.4) is 0 Å². The van der Waals surface area contributed by atoms with E-state index < -0.39 is 24.4 Å². The van der Waals surface area contributed by atoms with Gasteiger partial charge >= 0.3 is 5.97 Å². The number of nitrogens with one attached hydrogen (secondary N) is 2. The van der Waals surface area contributed by atoms with Crippen molar-refractivity contribution in [2.75, 3.05) is 6.61 Å². The predicted molar refractivity (Wildman–Crippen MR) is 95.2 cm³/mol. The molecule has 2 rings (SSSR count). The molecule has 10 heteroatoms. The Hall–Kier alpha value is -3.20. The summed E-state index contributed by atoms with van der Waals surface area (Å²) >= 11 is 6.28. The number of benzene rings is 1. The number of halogens is 2. The Balaban J connectivity index is 2.02. The topological polar surface area (TPSA) is 102 Å². The molecule has 1 aromatic carbocycles. The zero-order valence-electron chi connectivity index (χ0n) is 14.5. The highest BCUT2D eigenvalue weighted by molar-refractivity contribution is 6.31. The van der Waals surface area contributed by atoms with E-state index in [2.05, 4.69) is 16.0 Å². The highest BCUT2D eigenvalue weighted by Gasteiger charge is 2.13. The molecule has 8 nitrogen and oxygen atoms in total. The minimum Gasteiger partial charge on any atom is -0.452 e. The first kappa shape index (κ1) is 20.1. The van der Waals surface area contributed by atoms with Crippen molar-refractivity contribution in [1.82, 2.24) is 20.6 Å². The summed E-state index contributed by atoms with van der Waals surface area (Å²) in [6.07, 6.45) is 2.50. The van der Waals surface area contributed by atoms with E-state index in [1.165, 1.54) is 41.9 Å². The summed E-state index contributed by atoms with van der Waals surface area (Å²) in [6.45, 7) is 2.34. The summed E-state index contributed by atoms with van der Waals surface area (Å²) in [6, 6.07) is 5.59. The number of aryl methyl sites for hydroxylation is 1. The fourth-order valence-electron chi connectivity index (χ4n) is 1.98. The summed E-state index contributed by atoms with van der Waals surface area (Å²) in [7, 11) is 0. The maximum absolute atomic E-state index is 13.0. The van der Waals surface area contributed by atoms with Crippen molar-refractivity contribution < 1.29 is 23.5 Å². The zero-order valence-corrected chi connectivity index (χ0v) is 15.2. The van der Waals surface area contributed by atoms with E-state index in [0.717, 1.165) is 6.08 Å². The Morgan fingerprint density at radius 3 is 2.56 bits per heavy atom. The lowest BCUT2D eigenvalue weighted by Crippen LogP contribution is -2.42. The molecule has 0 saturated carbocycles. The van der Waals surface area contributed by atoms with Gasteiger partial charge in [-0.25, -0.2) is 13.9 Å². The average Bonchev–Trinajstić information content (AvgIpc) is 2.91. The number of nitrogens with zero attached hydrogens (tertiary/aromatic N) is 2. The van der Waals surface area contributed by atoms with Crippen LogP contribution in [0.5, 0.6) is 0 Å². The number of carbonyl (C=O) groups is 3. The van der Waals surface area contributed by atoms with Gasteiger partial charge in [-0.15, -0.1) is 0 Å². The largest absolute Gasteiger partial charge is 0.452 e. The first-order valence-corrected chi connectivity index (χ1v) is 8.07. The second-order valence-electron chi connectivity index (χ2n) is 5.35. The lowest BCUT2D eigenvalue weighted by atomic mass is 10.2. The van der Waals surface area contributed by atoms with Crippen molar-refractivity contribution in [3.8, 4) is 5.69 Å². The Labute approximate surface area is 158 Å². The van der Waals surface area contributed by atoms with Crippen LogP contribution in [0, 0.1) is 12.7 Å². The van der Waals surface area contributed by atoms with Crippen LogP contribution in [-0.4, -0.2) is 34.2 Å². The Kier molecular flexibility index (Phi) is 6.67. The molecule has 2 amide bonds. The van der Waals surface area contributed by atoms with Gasteiger partial charge in [-0.05, 0) is 37.3 Å². The molecule has 0 spiro atoms. The molecule has 0 atom stereocenters. The molecule has 2 N–H and O–H groups in total. The molecular formula is C17H16ClFN4O4. The first-order chi connectivity index (χ1) is 12.8. The summed E-state index contributed by atoms with van der Waals surface area (Å²) in [5.74, 6) is -2.31. The Bertz CT molecular complexity index is 893. The van der Waals surface area contributed by atoms with Gasteiger partial charge in [0.25, 0.3) is 5.91 Å². The van der Waals surface area contributed by atoms with Crippen LogP contribution >= 0.6 is 11.6 Å². The van der Waals surface area contributed by atoms with Crippen LogP contribution in [0.15, 0.2) is 30.3 Å². The van der Waals surface area contributed by atoms with Gasteiger partial charge in [0.1, 0.15) is 11.0 Å². The SMILES string of the molecule is CC(=O)NNC(=O)COC(=O)/C=C/c1c(C)nn(-c2ccc(F)cc2)c1Cl. The molecule has 0 aliphatic rings. The molecule has 2 aromatic rings. The molecule has 0 fully saturated rings. The third-order valence-electron chi connectivity index (χ3n) is 3.23. The smallest absolute Gasteiger partial charge is 0.331 e. The third kappa shape index (κ3) is 5.65. The van der Waals surface area contributed by atoms with Crippen molar-refractivity contribution in [2.45, 2.75) is 13.8 Å². The quantitative estimate of drug-likeness (QED) is 0.456. The molecule has 0 radical (unpaired) electrons. The zero-order chi connectivity index (χ0) is 20.0. The monoisotopic (exact) mass is 394 g/mol. The summed E-state index contributed by atoms with van der Waals surface area (Å²) in [5, 5.41) is 4.49. The molecule has 1 heterocycles. The van der Waals surface area contributed by atoms with Crippen molar-refractivity contribution in [1.29, 1.82) is 0 Å². The molecule has 0 bridgehead atoms. The maximum atomic E-state index is 13.0. The highest BCUT2D eigenvalue weighted by Crippen LogP contribution is 2.24. The van der Waals surface area contributed by atoms with E-state index in [4.69, 9.17) is 16.3 Å². The predicted octanol–water partition coefficient (Wildman–Crippen LogP) is 1.70. The lowest BCUT2D eigenvalue weighted by molar-refractivity contribution is -0.144. The number of ether oxygens (including phenoxy) is 1. The number of esters is 1. The van der Waals surface area contributed by atoms with Gasteiger partial charge in [-0.1, -0.05) is 11.6 Å². The number of aromatic nitrogens is 2. The van der Waals surface area contributed by atoms with Gasteiger partial charge in [-0.2, -0.15) is 5.10 Å². The van der Waals surface area contributed by atoms with Crippen LogP contribution < -0.4 is 10.9 Å². The van der Waals surface area contributed by atoms with Crippen LogP contribution in [0.4, 0.5) is 4.39 Å². The van der Waals surface area contributed by atoms with E-state index in [1.807, 2.05) is 0 Å². The van der Waals surface area contributed by atoms with Gasteiger partial charge in [0.15, 0.2) is 6.61 Å². The minimum atomic E-state index is -0.780. The van der Waals surface area contributed by atoms with E-state index in [-0.39, 0.29) is 11.0 Å². The number of rotatable bonds is 5. The summed E-state index contributed by atoms with van der Waals surface area (Å²) in [5.41, 5.74) is 5.69. The van der Waals surface area contributed by atoms with E-state index >= 15 is 0 Å². The number of hydrogen-bond donors (Lipinski definition) is 2. The number of amides is 2. The molecule has 0 unspecified atom stereocenters. The normalized spacial score (nSPS) is 10.7. The fourth-order valence-corrected chi connectivity index (χ4v) is 2.32. The van der Waals surface area contributed by atoms with Gasteiger partial charge in [0.05, 0.1) is 11.4 Å².